The molecule has 0 saturated heterocycles. The molecule has 4 nitrogen and oxygen atoms in total. The molecule has 0 amide bonds. The standard InChI is InChI=1S/C16H23NO3/c1-16(10-13(16)11-17-5-6-18-2)12-3-4-14-15(9-12)20-8-7-19-14/h3-4,9,13,17H,5-8,10-11H2,1-2H3. The molecule has 1 heterocycles. The summed E-state index contributed by atoms with van der Waals surface area (Å²) >= 11 is 0. The van der Waals surface area contributed by atoms with Gasteiger partial charge in [-0.05, 0) is 42.0 Å². The van der Waals surface area contributed by atoms with E-state index >= 15 is 0 Å². The van der Waals surface area contributed by atoms with E-state index in [4.69, 9.17) is 14.2 Å². The van der Waals surface area contributed by atoms with Crippen molar-refractivity contribution in [3.8, 4) is 11.5 Å². The zero-order valence-corrected chi connectivity index (χ0v) is 12.3. The largest absolute Gasteiger partial charge is 0.486 e. The van der Waals surface area contributed by atoms with Gasteiger partial charge in [0.15, 0.2) is 11.5 Å². The van der Waals surface area contributed by atoms with Crippen LogP contribution in [0.15, 0.2) is 18.2 Å². The Morgan fingerprint density at radius 1 is 1.30 bits per heavy atom. The van der Waals surface area contributed by atoms with Gasteiger partial charge in [0.1, 0.15) is 13.2 Å². The first kappa shape index (κ1) is 13.7. The fraction of sp³-hybridized carbons (Fsp3) is 0.625. The molecule has 0 radical (unpaired) electrons. The van der Waals surface area contributed by atoms with Gasteiger partial charge in [-0.1, -0.05) is 13.0 Å². The maximum Gasteiger partial charge on any atom is 0.161 e. The summed E-state index contributed by atoms with van der Waals surface area (Å²) in [5.74, 6) is 2.47. The number of hydrogen-bond acceptors (Lipinski definition) is 4. The molecule has 1 aliphatic carbocycles. The second-order valence-electron chi connectivity index (χ2n) is 5.87. The number of methoxy groups -OCH3 is 1. The van der Waals surface area contributed by atoms with Gasteiger partial charge in [0.05, 0.1) is 6.61 Å². The van der Waals surface area contributed by atoms with Crippen LogP contribution in [0.5, 0.6) is 11.5 Å². The third-order valence-corrected chi connectivity index (χ3v) is 4.49. The van der Waals surface area contributed by atoms with E-state index in [1.165, 1.54) is 12.0 Å². The van der Waals surface area contributed by atoms with Gasteiger partial charge in [0.2, 0.25) is 0 Å². The van der Waals surface area contributed by atoms with Crippen molar-refractivity contribution in [2.75, 3.05) is 40.0 Å². The quantitative estimate of drug-likeness (QED) is 0.807. The number of fused-ring (bicyclic) bond motifs is 1. The number of rotatable bonds is 6. The molecule has 3 rings (SSSR count). The molecule has 2 aliphatic rings. The molecule has 1 aromatic carbocycles. The number of hydrogen-bond donors (Lipinski definition) is 1. The molecule has 1 saturated carbocycles. The van der Waals surface area contributed by atoms with Crippen LogP contribution in [-0.4, -0.2) is 40.0 Å². The molecule has 4 heteroatoms. The predicted octanol–water partition coefficient (Wildman–Crippen LogP) is 1.97. The normalized spacial score (nSPS) is 27.4. The summed E-state index contributed by atoms with van der Waals surface area (Å²) in [5.41, 5.74) is 1.64. The average molecular weight is 277 g/mol. The Bertz CT molecular complexity index is 477. The molecular weight excluding hydrogens is 254 g/mol. The van der Waals surface area contributed by atoms with Gasteiger partial charge < -0.3 is 19.5 Å². The van der Waals surface area contributed by atoms with Crippen molar-refractivity contribution in [2.45, 2.75) is 18.8 Å². The van der Waals surface area contributed by atoms with E-state index in [0.717, 1.165) is 31.2 Å². The number of ether oxygens (including phenoxy) is 3. The first-order valence-corrected chi connectivity index (χ1v) is 7.34. The average Bonchev–Trinajstić information content (AvgIpc) is 3.15. The summed E-state index contributed by atoms with van der Waals surface area (Å²) in [6.45, 7) is 6.37. The molecule has 20 heavy (non-hydrogen) atoms. The molecule has 1 aromatic rings. The molecule has 0 spiro atoms. The third kappa shape index (κ3) is 2.63. The predicted molar refractivity (Wildman–Crippen MR) is 77.6 cm³/mol. The van der Waals surface area contributed by atoms with E-state index in [2.05, 4.69) is 24.4 Å². The van der Waals surface area contributed by atoms with Crippen molar-refractivity contribution in [3.63, 3.8) is 0 Å². The Labute approximate surface area is 120 Å². The zero-order chi connectivity index (χ0) is 14.0. The van der Waals surface area contributed by atoms with Crippen LogP contribution in [0.3, 0.4) is 0 Å². The minimum atomic E-state index is 0.274. The SMILES string of the molecule is COCCNCC1CC1(C)c1ccc2c(c1)OCCO2. The number of benzene rings is 1. The summed E-state index contributed by atoms with van der Waals surface area (Å²) in [6, 6.07) is 6.38. The summed E-state index contributed by atoms with van der Waals surface area (Å²) in [5, 5.41) is 3.45. The van der Waals surface area contributed by atoms with Crippen LogP contribution in [-0.2, 0) is 10.2 Å². The zero-order valence-electron chi connectivity index (χ0n) is 12.3. The van der Waals surface area contributed by atoms with E-state index in [9.17, 15) is 0 Å². The monoisotopic (exact) mass is 277 g/mol. The highest BCUT2D eigenvalue weighted by Crippen LogP contribution is 2.54. The second kappa shape index (κ2) is 5.62. The van der Waals surface area contributed by atoms with Crippen molar-refractivity contribution in [1.29, 1.82) is 0 Å². The van der Waals surface area contributed by atoms with Crippen LogP contribution < -0.4 is 14.8 Å². The van der Waals surface area contributed by atoms with E-state index in [-0.39, 0.29) is 5.41 Å². The highest BCUT2D eigenvalue weighted by atomic mass is 16.6. The lowest BCUT2D eigenvalue weighted by molar-refractivity contribution is 0.171. The Balaban J connectivity index is 1.62. The van der Waals surface area contributed by atoms with Crippen LogP contribution in [0.4, 0.5) is 0 Å². The van der Waals surface area contributed by atoms with E-state index in [1.54, 1.807) is 7.11 Å². The van der Waals surface area contributed by atoms with Crippen molar-refractivity contribution in [1.82, 2.24) is 5.32 Å². The first-order valence-electron chi connectivity index (χ1n) is 7.34. The Kier molecular flexibility index (Phi) is 3.85. The summed E-state index contributed by atoms with van der Waals surface area (Å²) in [4.78, 5) is 0. The highest BCUT2D eigenvalue weighted by molar-refractivity contribution is 5.47. The molecule has 110 valence electrons. The van der Waals surface area contributed by atoms with E-state index < -0.39 is 0 Å². The lowest BCUT2D eigenvalue weighted by Gasteiger charge is -2.21. The van der Waals surface area contributed by atoms with Crippen LogP contribution in [0.25, 0.3) is 0 Å². The Hall–Kier alpha value is -1.26. The number of nitrogens with one attached hydrogen (secondary N) is 1. The smallest absolute Gasteiger partial charge is 0.161 e. The first-order chi connectivity index (χ1) is 9.74. The third-order valence-electron chi connectivity index (χ3n) is 4.49. The minimum absolute atomic E-state index is 0.274. The fourth-order valence-corrected chi connectivity index (χ4v) is 2.95. The van der Waals surface area contributed by atoms with Gasteiger partial charge in [-0.2, -0.15) is 0 Å². The van der Waals surface area contributed by atoms with Crippen LogP contribution in [0.1, 0.15) is 18.9 Å². The summed E-state index contributed by atoms with van der Waals surface area (Å²) < 4.78 is 16.3. The maximum atomic E-state index is 5.68. The van der Waals surface area contributed by atoms with Gasteiger partial charge in [0.25, 0.3) is 0 Å². The Morgan fingerprint density at radius 2 is 2.10 bits per heavy atom. The van der Waals surface area contributed by atoms with Crippen molar-refractivity contribution < 1.29 is 14.2 Å². The van der Waals surface area contributed by atoms with Crippen LogP contribution in [0.2, 0.25) is 0 Å². The Morgan fingerprint density at radius 3 is 2.90 bits per heavy atom. The van der Waals surface area contributed by atoms with Gasteiger partial charge in [-0.3, -0.25) is 0 Å². The van der Waals surface area contributed by atoms with Gasteiger partial charge in [0, 0.05) is 13.7 Å². The van der Waals surface area contributed by atoms with Crippen molar-refractivity contribution in [3.05, 3.63) is 23.8 Å². The van der Waals surface area contributed by atoms with Crippen LogP contribution >= 0.6 is 0 Å². The fourth-order valence-electron chi connectivity index (χ4n) is 2.95. The van der Waals surface area contributed by atoms with Gasteiger partial charge in [-0.15, -0.1) is 0 Å². The molecule has 2 atom stereocenters. The van der Waals surface area contributed by atoms with Crippen LogP contribution in [0, 0.1) is 5.92 Å². The topological polar surface area (TPSA) is 39.7 Å². The lowest BCUT2D eigenvalue weighted by atomic mass is 9.95. The van der Waals surface area contributed by atoms with E-state index in [0.29, 0.717) is 19.1 Å². The second-order valence-corrected chi connectivity index (χ2v) is 5.87. The molecule has 1 aliphatic heterocycles. The summed E-state index contributed by atoms with van der Waals surface area (Å²) in [6.07, 6.45) is 1.23. The highest BCUT2D eigenvalue weighted by Gasteiger charge is 2.50. The molecule has 2 unspecified atom stereocenters. The lowest BCUT2D eigenvalue weighted by Crippen LogP contribution is -2.24. The molecule has 0 bridgehead atoms. The molecular formula is C16H23NO3. The van der Waals surface area contributed by atoms with E-state index in [1.807, 2.05) is 6.07 Å². The summed E-state index contributed by atoms with van der Waals surface area (Å²) in [7, 11) is 1.73. The molecule has 0 aromatic heterocycles. The van der Waals surface area contributed by atoms with Crippen molar-refractivity contribution >= 4 is 0 Å². The van der Waals surface area contributed by atoms with Gasteiger partial charge >= 0.3 is 0 Å². The van der Waals surface area contributed by atoms with Crippen molar-refractivity contribution in [2.24, 2.45) is 5.92 Å². The molecule has 1 N–H and O–H groups in total. The van der Waals surface area contributed by atoms with Gasteiger partial charge in [-0.25, -0.2) is 0 Å². The minimum Gasteiger partial charge on any atom is -0.486 e. The maximum absolute atomic E-state index is 5.68. The molecule has 1 fully saturated rings.